The fourth-order valence-corrected chi connectivity index (χ4v) is 3.74. The number of hydrogen-bond donors (Lipinski definition) is 0. The molecule has 0 aliphatic heterocycles. The van der Waals surface area contributed by atoms with Crippen molar-refractivity contribution in [1.29, 1.82) is 0 Å². The molecule has 2 aromatic heterocycles. The molecule has 0 fully saturated rings. The van der Waals surface area contributed by atoms with Crippen LogP contribution in [0, 0.1) is 0 Å². The third-order valence-electron chi connectivity index (χ3n) is 5.19. The van der Waals surface area contributed by atoms with Crippen molar-refractivity contribution < 1.29 is 13.2 Å². The first-order valence-electron chi connectivity index (χ1n) is 11.0. The van der Waals surface area contributed by atoms with Gasteiger partial charge in [0.15, 0.2) is 0 Å². The van der Waals surface area contributed by atoms with Crippen molar-refractivity contribution in [2.45, 2.75) is 24.9 Å². The zero-order valence-corrected chi connectivity index (χ0v) is 20.6. The van der Waals surface area contributed by atoms with E-state index in [2.05, 4.69) is 0 Å². The normalized spacial score (nSPS) is 10.9. The predicted molar refractivity (Wildman–Crippen MR) is 140 cm³/mol. The molecule has 0 N–H and O–H groups in total. The summed E-state index contributed by atoms with van der Waals surface area (Å²) in [5.41, 5.74) is 2.29. The minimum absolute atomic E-state index is 0.0543. The van der Waals surface area contributed by atoms with Crippen LogP contribution in [0.25, 0.3) is 17.5 Å². The zero-order chi connectivity index (χ0) is 26.1. The Labute approximate surface area is 211 Å². The summed E-state index contributed by atoms with van der Waals surface area (Å²) in [7, 11) is 0. The van der Waals surface area contributed by atoms with Gasteiger partial charge < -0.3 is 0 Å². The summed E-state index contributed by atoms with van der Waals surface area (Å²) in [6.45, 7) is 1.32. The number of nitrogens with zero attached hydrogens (tertiary/aromatic N) is 2. The van der Waals surface area contributed by atoms with Gasteiger partial charge in [0.05, 0.1) is 0 Å². The van der Waals surface area contributed by atoms with Crippen LogP contribution >= 0.6 is 11.8 Å². The number of rotatable bonds is 6. The SMILES string of the molecule is C/C=C/c1ccc(=O)n(-c2ccc(C(F)F)cc2)c1.CSc1ccc(-n2cc(CF)ccc2=O)cc1. The lowest BCUT2D eigenvalue weighted by atomic mass is 10.2. The van der Waals surface area contributed by atoms with E-state index >= 15 is 0 Å². The van der Waals surface area contributed by atoms with E-state index in [1.807, 2.05) is 49.6 Å². The van der Waals surface area contributed by atoms with Gasteiger partial charge >= 0.3 is 0 Å². The number of alkyl halides is 3. The number of thioether (sulfide) groups is 1. The molecule has 0 bridgehead atoms. The minimum atomic E-state index is -2.50. The first kappa shape index (κ1) is 26.8. The van der Waals surface area contributed by atoms with Crippen LogP contribution in [0.1, 0.15) is 30.0 Å². The lowest BCUT2D eigenvalue weighted by Crippen LogP contribution is -2.16. The zero-order valence-electron chi connectivity index (χ0n) is 19.8. The molecular formula is C28H25F3N2O2S. The van der Waals surface area contributed by atoms with E-state index in [0.29, 0.717) is 11.3 Å². The molecule has 4 aromatic rings. The highest BCUT2D eigenvalue weighted by Gasteiger charge is 2.07. The van der Waals surface area contributed by atoms with Crippen LogP contribution in [0.4, 0.5) is 13.2 Å². The number of allylic oxidation sites excluding steroid dienone is 1. The van der Waals surface area contributed by atoms with Crippen molar-refractivity contribution in [3.8, 4) is 11.4 Å². The average Bonchev–Trinajstić information content (AvgIpc) is 2.91. The molecule has 8 heteroatoms. The maximum Gasteiger partial charge on any atom is 0.263 e. The van der Waals surface area contributed by atoms with Gasteiger partial charge in [-0.1, -0.05) is 24.3 Å². The molecule has 0 aliphatic rings. The van der Waals surface area contributed by atoms with Crippen molar-refractivity contribution in [3.05, 3.63) is 129 Å². The topological polar surface area (TPSA) is 44.0 Å². The second-order valence-corrected chi connectivity index (χ2v) is 8.52. The highest BCUT2D eigenvalue weighted by molar-refractivity contribution is 7.98. The van der Waals surface area contributed by atoms with E-state index < -0.39 is 13.1 Å². The second-order valence-electron chi connectivity index (χ2n) is 7.64. The minimum Gasteiger partial charge on any atom is -0.284 e. The molecule has 2 heterocycles. The number of hydrogen-bond acceptors (Lipinski definition) is 3. The third-order valence-corrected chi connectivity index (χ3v) is 5.94. The Hall–Kier alpha value is -3.78. The quantitative estimate of drug-likeness (QED) is 0.267. The van der Waals surface area contributed by atoms with Gasteiger partial charge in [0.1, 0.15) is 6.67 Å². The van der Waals surface area contributed by atoms with Crippen LogP contribution in [0.2, 0.25) is 0 Å². The molecule has 0 saturated carbocycles. The Bertz CT molecular complexity index is 1430. The molecule has 0 spiro atoms. The van der Waals surface area contributed by atoms with E-state index in [-0.39, 0.29) is 16.7 Å². The third kappa shape index (κ3) is 6.88. The van der Waals surface area contributed by atoms with Crippen molar-refractivity contribution in [3.63, 3.8) is 0 Å². The Morgan fingerprint density at radius 3 is 1.89 bits per heavy atom. The van der Waals surface area contributed by atoms with E-state index in [0.717, 1.165) is 16.1 Å². The van der Waals surface area contributed by atoms with Crippen LogP contribution in [0.5, 0.6) is 0 Å². The lowest BCUT2D eigenvalue weighted by molar-refractivity contribution is 0.151. The summed E-state index contributed by atoms with van der Waals surface area (Å²) in [5, 5.41) is 0. The number of benzene rings is 2. The number of aromatic nitrogens is 2. The van der Waals surface area contributed by atoms with Gasteiger partial charge in [0, 0.05) is 46.4 Å². The smallest absolute Gasteiger partial charge is 0.263 e. The fourth-order valence-electron chi connectivity index (χ4n) is 3.33. The Kier molecular flexibility index (Phi) is 9.53. The van der Waals surface area contributed by atoms with E-state index in [4.69, 9.17) is 0 Å². The summed E-state index contributed by atoms with van der Waals surface area (Å²) in [5.74, 6) is 0. The van der Waals surface area contributed by atoms with Crippen LogP contribution < -0.4 is 11.1 Å². The van der Waals surface area contributed by atoms with Gasteiger partial charge in [-0.3, -0.25) is 18.7 Å². The van der Waals surface area contributed by atoms with Gasteiger partial charge in [0.2, 0.25) is 0 Å². The summed E-state index contributed by atoms with van der Waals surface area (Å²) in [6, 6.07) is 19.3. The molecule has 0 unspecified atom stereocenters. The Balaban J connectivity index is 0.000000202. The van der Waals surface area contributed by atoms with Crippen molar-refractivity contribution in [2.75, 3.05) is 6.26 Å². The molecular weight excluding hydrogens is 485 g/mol. The Morgan fingerprint density at radius 2 is 1.36 bits per heavy atom. The van der Waals surface area contributed by atoms with E-state index in [1.165, 1.54) is 57.8 Å². The monoisotopic (exact) mass is 510 g/mol. The summed E-state index contributed by atoms with van der Waals surface area (Å²) in [6.07, 6.45) is 6.44. The van der Waals surface area contributed by atoms with Gasteiger partial charge in [0.25, 0.3) is 17.5 Å². The highest BCUT2D eigenvalue weighted by atomic mass is 32.2. The lowest BCUT2D eigenvalue weighted by Gasteiger charge is -2.07. The molecule has 186 valence electrons. The van der Waals surface area contributed by atoms with Crippen molar-refractivity contribution in [2.24, 2.45) is 0 Å². The van der Waals surface area contributed by atoms with Gasteiger partial charge in [-0.15, -0.1) is 11.8 Å². The second kappa shape index (κ2) is 12.8. The van der Waals surface area contributed by atoms with Crippen LogP contribution in [-0.2, 0) is 6.67 Å². The van der Waals surface area contributed by atoms with E-state index in [1.54, 1.807) is 24.0 Å². The molecule has 36 heavy (non-hydrogen) atoms. The fraction of sp³-hybridized carbons (Fsp3) is 0.143. The van der Waals surface area contributed by atoms with Crippen LogP contribution in [-0.4, -0.2) is 15.4 Å². The average molecular weight is 511 g/mol. The Morgan fingerprint density at radius 1 is 0.806 bits per heavy atom. The van der Waals surface area contributed by atoms with E-state index in [9.17, 15) is 22.8 Å². The molecule has 0 saturated heterocycles. The van der Waals surface area contributed by atoms with Crippen molar-refractivity contribution >= 4 is 17.8 Å². The first-order chi connectivity index (χ1) is 17.4. The summed E-state index contributed by atoms with van der Waals surface area (Å²) >= 11 is 1.64. The largest absolute Gasteiger partial charge is 0.284 e. The standard InChI is InChI=1S/C15H13F2NO.C13H12FNOS/c1-2-3-11-4-9-14(19)18(10-11)13-7-5-12(6-8-13)15(16)17;1-17-12-5-3-11(4-6-12)15-9-10(8-14)2-7-13(15)16/h2-10,15H,1H3;2-7,9H,8H2,1H3/b3-2+;. The van der Waals surface area contributed by atoms with Gasteiger partial charge in [-0.2, -0.15) is 0 Å². The molecule has 4 nitrogen and oxygen atoms in total. The highest BCUT2D eigenvalue weighted by Crippen LogP contribution is 2.20. The number of pyridine rings is 2. The van der Waals surface area contributed by atoms with Crippen LogP contribution in [0.3, 0.4) is 0 Å². The first-order valence-corrected chi connectivity index (χ1v) is 12.2. The molecule has 0 radical (unpaired) electrons. The van der Waals surface area contributed by atoms with Gasteiger partial charge in [-0.25, -0.2) is 13.2 Å². The predicted octanol–water partition coefficient (Wildman–Crippen LogP) is 6.84. The molecule has 2 aromatic carbocycles. The maximum atomic E-state index is 12.6. The molecule has 0 amide bonds. The molecule has 0 atom stereocenters. The number of halogens is 3. The molecule has 4 rings (SSSR count). The van der Waals surface area contributed by atoms with Gasteiger partial charge in [-0.05, 0) is 72.8 Å². The summed E-state index contributed by atoms with van der Waals surface area (Å²) in [4.78, 5) is 24.6. The summed E-state index contributed by atoms with van der Waals surface area (Å²) < 4.78 is 40.4. The van der Waals surface area contributed by atoms with Crippen LogP contribution in [0.15, 0.2) is 106 Å². The van der Waals surface area contributed by atoms with Crippen molar-refractivity contribution in [1.82, 2.24) is 9.13 Å². The molecule has 0 aliphatic carbocycles. The maximum absolute atomic E-state index is 12.6.